The van der Waals surface area contributed by atoms with Crippen LogP contribution in [0.4, 0.5) is 18.9 Å². The Morgan fingerprint density at radius 3 is 2.63 bits per heavy atom. The molecule has 3 nitrogen and oxygen atoms in total. The van der Waals surface area contributed by atoms with Crippen LogP contribution in [0.25, 0.3) is 0 Å². The average molecular weight is 416 g/mol. The van der Waals surface area contributed by atoms with Crippen LogP contribution < -0.4 is 4.90 Å². The first-order chi connectivity index (χ1) is 14.4. The van der Waals surface area contributed by atoms with E-state index < -0.39 is 11.7 Å². The summed E-state index contributed by atoms with van der Waals surface area (Å²) in [4.78, 5) is 16.6. The third-order valence-electron chi connectivity index (χ3n) is 6.26. The summed E-state index contributed by atoms with van der Waals surface area (Å²) >= 11 is 0. The molecule has 30 heavy (non-hydrogen) atoms. The lowest BCUT2D eigenvalue weighted by atomic mass is 9.96. The molecule has 0 aliphatic carbocycles. The summed E-state index contributed by atoms with van der Waals surface area (Å²) in [7, 11) is 0. The number of hydrogen-bond acceptors (Lipinski definition) is 2. The Balaban J connectivity index is 1.39. The maximum Gasteiger partial charge on any atom is 0.416 e. The van der Waals surface area contributed by atoms with Crippen LogP contribution in [0.2, 0.25) is 0 Å². The number of benzene rings is 2. The molecule has 2 aliphatic heterocycles. The summed E-state index contributed by atoms with van der Waals surface area (Å²) in [6.45, 7) is 3.27. The van der Waals surface area contributed by atoms with Crippen molar-refractivity contribution in [3.63, 3.8) is 0 Å². The maximum atomic E-state index is 13.0. The van der Waals surface area contributed by atoms with Crippen molar-refractivity contribution in [2.75, 3.05) is 31.1 Å². The number of rotatable bonds is 5. The van der Waals surface area contributed by atoms with Crippen molar-refractivity contribution < 1.29 is 18.0 Å². The van der Waals surface area contributed by atoms with Crippen molar-refractivity contribution in [1.29, 1.82) is 0 Å². The van der Waals surface area contributed by atoms with Gasteiger partial charge in [0.25, 0.3) is 0 Å². The molecule has 0 radical (unpaired) electrons. The number of amides is 1. The fraction of sp³-hybridized carbons (Fsp3) is 0.458. The molecular formula is C24H27F3N2O. The standard InChI is InChI=1S/C24H27F3N2O/c25-24(26,27)21-8-5-7-19(16-21)20-12-15-28(17-20)14-11-18-6-1-2-9-22(18)29-13-4-3-10-23(29)30/h1-2,5-9,16,20H,3-4,10-15,17H2. The van der Waals surface area contributed by atoms with Gasteiger partial charge in [-0.15, -0.1) is 0 Å². The molecule has 4 rings (SSSR count). The predicted octanol–water partition coefficient (Wildman–Crippen LogP) is 5.25. The van der Waals surface area contributed by atoms with Gasteiger partial charge < -0.3 is 9.80 Å². The second-order valence-electron chi connectivity index (χ2n) is 8.29. The first kappa shape index (κ1) is 20.9. The van der Waals surface area contributed by atoms with Crippen molar-refractivity contribution in [3.8, 4) is 0 Å². The molecule has 2 fully saturated rings. The molecular weight excluding hydrogens is 389 g/mol. The maximum absolute atomic E-state index is 13.0. The number of carbonyl (C=O) groups excluding carboxylic acids is 1. The van der Waals surface area contributed by atoms with Gasteiger partial charge in [-0.2, -0.15) is 13.2 Å². The third kappa shape index (κ3) is 4.69. The van der Waals surface area contributed by atoms with Gasteiger partial charge in [0.05, 0.1) is 5.56 Å². The van der Waals surface area contributed by atoms with E-state index in [1.54, 1.807) is 6.07 Å². The first-order valence-electron chi connectivity index (χ1n) is 10.7. The zero-order valence-corrected chi connectivity index (χ0v) is 17.0. The molecule has 1 atom stereocenters. The van der Waals surface area contributed by atoms with Crippen LogP contribution in [0, 0.1) is 0 Å². The lowest BCUT2D eigenvalue weighted by molar-refractivity contribution is -0.137. The van der Waals surface area contributed by atoms with Crippen molar-refractivity contribution >= 4 is 11.6 Å². The Morgan fingerprint density at radius 2 is 1.83 bits per heavy atom. The lowest BCUT2D eigenvalue weighted by Gasteiger charge is -2.29. The fourth-order valence-electron chi connectivity index (χ4n) is 4.60. The van der Waals surface area contributed by atoms with Crippen molar-refractivity contribution in [3.05, 3.63) is 65.2 Å². The van der Waals surface area contributed by atoms with Crippen LogP contribution in [-0.4, -0.2) is 37.0 Å². The highest BCUT2D eigenvalue weighted by atomic mass is 19.4. The molecule has 2 aromatic rings. The average Bonchev–Trinajstić information content (AvgIpc) is 3.22. The van der Waals surface area contributed by atoms with Gasteiger partial charge in [0.1, 0.15) is 0 Å². The van der Waals surface area contributed by atoms with E-state index in [2.05, 4.69) is 11.0 Å². The van der Waals surface area contributed by atoms with Crippen LogP contribution in [-0.2, 0) is 17.4 Å². The van der Waals surface area contributed by atoms with E-state index in [4.69, 9.17) is 0 Å². The zero-order valence-electron chi connectivity index (χ0n) is 17.0. The number of carbonyl (C=O) groups is 1. The summed E-state index contributed by atoms with van der Waals surface area (Å²) in [5.41, 5.74) is 2.37. The molecule has 2 aromatic carbocycles. The number of halogens is 3. The Morgan fingerprint density at radius 1 is 1.00 bits per heavy atom. The number of hydrogen-bond donors (Lipinski definition) is 0. The molecule has 1 unspecified atom stereocenters. The molecule has 6 heteroatoms. The van der Waals surface area contributed by atoms with Gasteiger partial charge in [-0.1, -0.05) is 36.4 Å². The highest BCUT2D eigenvalue weighted by Gasteiger charge is 2.32. The Kier molecular flexibility index (Phi) is 6.14. The van der Waals surface area contributed by atoms with Gasteiger partial charge in [-0.3, -0.25) is 4.79 Å². The topological polar surface area (TPSA) is 23.6 Å². The van der Waals surface area contributed by atoms with E-state index in [1.807, 2.05) is 23.1 Å². The predicted molar refractivity (Wildman–Crippen MR) is 112 cm³/mol. The Hall–Kier alpha value is -2.34. The Bertz CT molecular complexity index is 896. The second-order valence-corrected chi connectivity index (χ2v) is 8.29. The first-order valence-corrected chi connectivity index (χ1v) is 10.7. The van der Waals surface area contributed by atoms with Gasteiger partial charge >= 0.3 is 6.18 Å². The lowest BCUT2D eigenvalue weighted by Crippen LogP contribution is -2.36. The van der Waals surface area contributed by atoms with Gasteiger partial charge in [-0.25, -0.2) is 0 Å². The number of anilines is 1. The van der Waals surface area contributed by atoms with E-state index >= 15 is 0 Å². The summed E-state index contributed by atoms with van der Waals surface area (Å²) in [6.07, 6.45) is -0.00106. The van der Waals surface area contributed by atoms with Crippen LogP contribution in [0.3, 0.4) is 0 Å². The summed E-state index contributed by atoms with van der Waals surface area (Å²) in [5, 5.41) is 0. The molecule has 0 aromatic heterocycles. The highest BCUT2D eigenvalue weighted by Crippen LogP contribution is 2.34. The molecule has 0 N–H and O–H groups in total. The molecule has 0 bridgehead atoms. The van der Waals surface area contributed by atoms with E-state index in [0.717, 1.165) is 74.7 Å². The molecule has 1 amide bonds. The second kappa shape index (κ2) is 8.80. The van der Waals surface area contributed by atoms with Crippen molar-refractivity contribution in [2.24, 2.45) is 0 Å². The number of alkyl halides is 3. The molecule has 160 valence electrons. The van der Waals surface area contributed by atoms with Gasteiger partial charge in [0, 0.05) is 31.7 Å². The van der Waals surface area contributed by atoms with Crippen molar-refractivity contribution in [2.45, 2.75) is 44.2 Å². The number of nitrogens with zero attached hydrogens (tertiary/aromatic N) is 2. The van der Waals surface area contributed by atoms with Crippen LogP contribution in [0.5, 0.6) is 0 Å². The number of para-hydroxylation sites is 1. The van der Waals surface area contributed by atoms with Gasteiger partial charge in [0.2, 0.25) is 5.91 Å². The van der Waals surface area contributed by atoms with Crippen molar-refractivity contribution in [1.82, 2.24) is 4.90 Å². The van der Waals surface area contributed by atoms with Gasteiger partial charge in [-0.05, 0) is 61.4 Å². The number of likely N-dealkylation sites (tertiary alicyclic amines) is 1. The molecule has 2 heterocycles. The summed E-state index contributed by atoms with van der Waals surface area (Å²) in [5.74, 6) is 0.325. The largest absolute Gasteiger partial charge is 0.416 e. The number of piperidine rings is 1. The van der Waals surface area contributed by atoms with Crippen LogP contribution >= 0.6 is 0 Å². The molecule has 2 saturated heterocycles. The summed E-state index contributed by atoms with van der Waals surface area (Å²) in [6, 6.07) is 13.8. The zero-order chi connectivity index (χ0) is 21.1. The monoisotopic (exact) mass is 416 g/mol. The minimum atomic E-state index is -4.30. The van der Waals surface area contributed by atoms with Crippen LogP contribution in [0.1, 0.15) is 48.3 Å². The van der Waals surface area contributed by atoms with Gasteiger partial charge in [0.15, 0.2) is 0 Å². The van der Waals surface area contributed by atoms with E-state index in [0.29, 0.717) is 6.42 Å². The summed E-state index contributed by atoms with van der Waals surface area (Å²) < 4.78 is 39.1. The third-order valence-corrected chi connectivity index (χ3v) is 6.26. The highest BCUT2D eigenvalue weighted by molar-refractivity contribution is 5.94. The minimum Gasteiger partial charge on any atom is -0.312 e. The minimum absolute atomic E-state index is 0.131. The Labute approximate surface area is 175 Å². The van der Waals surface area contributed by atoms with E-state index in [1.165, 1.54) is 12.1 Å². The SMILES string of the molecule is O=C1CCCCN1c1ccccc1CCN1CCC(c2cccc(C(F)(F)F)c2)C1. The molecule has 0 saturated carbocycles. The molecule has 0 spiro atoms. The normalized spacial score (nSPS) is 20.7. The van der Waals surface area contributed by atoms with E-state index in [-0.39, 0.29) is 11.8 Å². The fourth-order valence-corrected chi connectivity index (χ4v) is 4.60. The quantitative estimate of drug-likeness (QED) is 0.664. The molecule has 2 aliphatic rings. The van der Waals surface area contributed by atoms with E-state index in [9.17, 15) is 18.0 Å². The smallest absolute Gasteiger partial charge is 0.312 e. The van der Waals surface area contributed by atoms with Crippen LogP contribution in [0.15, 0.2) is 48.5 Å².